The number of carbonyl (C=O) groups excluding carboxylic acids is 1. The van der Waals surface area contributed by atoms with E-state index in [0.29, 0.717) is 10.9 Å². The van der Waals surface area contributed by atoms with Crippen LogP contribution in [0.1, 0.15) is 18.4 Å². The summed E-state index contributed by atoms with van der Waals surface area (Å²) >= 11 is 0. The summed E-state index contributed by atoms with van der Waals surface area (Å²) in [4.78, 5) is 40.7. The van der Waals surface area contributed by atoms with Gasteiger partial charge in [0.05, 0.1) is 16.2 Å². The molecule has 0 amide bonds. The number of benzene rings is 1. The Labute approximate surface area is 142 Å². The zero-order valence-electron chi connectivity index (χ0n) is 13.2. The summed E-state index contributed by atoms with van der Waals surface area (Å²) in [6.07, 6.45) is 4.64. The maximum absolute atomic E-state index is 12.1. The van der Waals surface area contributed by atoms with E-state index in [4.69, 9.17) is 9.78 Å². The number of fused-ring (bicyclic) bond motifs is 1. The Morgan fingerprint density at radius 3 is 2.72 bits per heavy atom. The third-order valence-electron chi connectivity index (χ3n) is 3.66. The summed E-state index contributed by atoms with van der Waals surface area (Å²) in [5.74, 6) is -1.07. The molecule has 0 aliphatic rings. The molecule has 0 fully saturated rings. The van der Waals surface area contributed by atoms with Gasteiger partial charge in [0.2, 0.25) is 5.75 Å². The van der Waals surface area contributed by atoms with Crippen LogP contribution in [0, 0.1) is 10.1 Å². The first-order valence-electron chi connectivity index (χ1n) is 7.38. The molecule has 0 spiro atoms. The summed E-state index contributed by atoms with van der Waals surface area (Å²) in [5, 5.41) is 11.4. The van der Waals surface area contributed by atoms with Gasteiger partial charge in [-0.25, -0.2) is 9.68 Å². The number of aromatic nitrogens is 2. The molecule has 0 aliphatic heterocycles. The Hall–Kier alpha value is -3.55. The van der Waals surface area contributed by atoms with Crippen molar-refractivity contribution in [1.29, 1.82) is 0 Å². The second kappa shape index (κ2) is 6.91. The highest BCUT2D eigenvalue weighted by Crippen LogP contribution is 2.31. The van der Waals surface area contributed by atoms with Gasteiger partial charge < -0.3 is 0 Å². The molecule has 0 radical (unpaired) electrons. The molecule has 3 rings (SSSR count). The predicted molar refractivity (Wildman–Crippen MR) is 87.8 cm³/mol. The Bertz CT molecular complexity index is 930. The van der Waals surface area contributed by atoms with E-state index in [1.54, 1.807) is 43.6 Å². The van der Waals surface area contributed by atoms with E-state index in [1.165, 1.54) is 18.3 Å². The molecule has 1 atom stereocenters. The van der Waals surface area contributed by atoms with Crippen molar-refractivity contribution in [2.24, 2.45) is 0 Å². The third-order valence-corrected chi connectivity index (χ3v) is 3.66. The summed E-state index contributed by atoms with van der Waals surface area (Å²) < 4.78 is 0. The molecule has 1 aromatic carbocycles. The smallest absolute Gasteiger partial charge is 0.285 e. The number of non-ortho nitro benzene ring substituents is 1. The summed E-state index contributed by atoms with van der Waals surface area (Å²) in [6, 6.07) is 9.21. The fraction of sp³-hybridized carbons (Fsp3) is 0.118. The Kier molecular flexibility index (Phi) is 4.51. The van der Waals surface area contributed by atoms with Gasteiger partial charge in [0.15, 0.2) is 0 Å². The van der Waals surface area contributed by atoms with Crippen LogP contribution in [0.4, 0.5) is 5.69 Å². The minimum absolute atomic E-state index is 0.106. The van der Waals surface area contributed by atoms with Crippen LogP contribution in [-0.2, 0) is 9.68 Å². The van der Waals surface area contributed by atoms with Crippen molar-refractivity contribution in [3.8, 4) is 5.75 Å². The van der Waals surface area contributed by atoms with Crippen molar-refractivity contribution in [3.05, 3.63) is 70.7 Å². The van der Waals surface area contributed by atoms with E-state index in [-0.39, 0.29) is 17.0 Å². The van der Waals surface area contributed by atoms with Gasteiger partial charge in [0, 0.05) is 24.7 Å². The molecular weight excluding hydrogens is 326 g/mol. The fourth-order valence-electron chi connectivity index (χ4n) is 2.28. The van der Waals surface area contributed by atoms with Gasteiger partial charge in [-0.05, 0) is 36.8 Å². The molecule has 126 valence electrons. The Balaban J connectivity index is 1.81. The largest absolute Gasteiger partial charge is 0.362 e. The average Bonchev–Trinajstić information content (AvgIpc) is 2.65. The van der Waals surface area contributed by atoms with E-state index in [1.807, 2.05) is 0 Å². The number of hydrogen-bond donors (Lipinski definition) is 0. The molecule has 1 unspecified atom stereocenters. The van der Waals surface area contributed by atoms with Crippen molar-refractivity contribution in [1.82, 2.24) is 9.97 Å². The van der Waals surface area contributed by atoms with Crippen molar-refractivity contribution >= 4 is 22.6 Å². The van der Waals surface area contributed by atoms with E-state index in [0.717, 1.165) is 0 Å². The third kappa shape index (κ3) is 3.37. The number of pyridine rings is 2. The van der Waals surface area contributed by atoms with E-state index >= 15 is 0 Å². The van der Waals surface area contributed by atoms with Gasteiger partial charge in [-0.3, -0.25) is 25.0 Å². The number of nitro groups is 1. The molecule has 0 saturated carbocycles. The highest BCUT2D eigenvalue weighted by atomic mass is 17.2. The molecule has 2 heterocycles. The summed E-state index contributed by atoms with van der Waals surface area (Å²) in [7, 11) is 0. The first-order valence-corrected chi connectivity index (χ1v) is 7.38. The lowest BCUT2D eigenvalue weighted by molar-refractivity contribution is -0.383. The van der Waals surface area contributed by atoms with Crippen LogP contribution in [0.3, 0.4) is 0 Å². The van der Waals surface area contributed by atoms with Gasteiger partial charge in [0.25, 0.3) is 5.69 Å². The number of nitrogens with zero attached hydrogens (tertiary/aromatic N) is 3. The Morgan fingerprint density at radius 1 is 1.20 bits per heavy atom. The van der Waals surface area contributed by atoms with Crippen LogP contribution < -0.4 is 4.89 Å². The maximum Gasteiger partial charge on any atom is 0.362 e. The van der Waals surface area contributed by atoms with Crippen molar-refractivity contribution in [3.63, 3.8) is 0 Å². The number of hydrogen-bond acceptors (Lipinski definition) is 7. The molecule has 2 aromatic heterocycles. The first-order chi connectivity index (χ1) is 12.1. The minimum Gasteiger partial charge on any atom is -0.285 e. The molecule has 25 heavy (non-hydrogen) atoms. The maximum atomic E-state index is 12.1. The van der Waals surface area contributed by atoms with Gasteiger partial charge >= 0.3 is 5.97 Å². The SMILES string of the molecule is CC(C(=O)OOc1ccc([N+](=O)[O-])c2cccnc12)c1cccnc1. The quantitative estimate of drug-likeness (QED) is 0.399. The normalized spacial score (nSPS) is 11.7. The zero-order valence-corrected chi connectivity index (χ0v) is 13.2. The highest BCUT2D eigenvalue weighted by Gasteiger charge is 2.21. The number of nitro benzene ring substituents is 1. The fourth-order valence-corrected chi connectivity index (χ4v) is 2.28. The van der Waals surface area contributed by atoms with Crippen LogP contribution in [-0.4, -0.2) is 20.9 Å². The minimum atomic E-state index is -0.615. The molecule has 8 heteroatoms. The van der Waals surface area contributed by atoms with Crippen molar-refractivity contribution in [2.75, 3.05) is 0 Å². The van der Waals surface area contributed by atoms with E-state index < -0.39 is 16.8 Å². The lowest BCUT2D eigenvalue weighted by Gasteiger charge is -2.11. The lowest BCUT2D eigenvalue weighted by atomic mass is 10.0. The molecule has 0 N–H and O–H groups in total. The van der Waals surface area contributed by atoms with Gasteiger partial charge in [-0.2, -0.15) is 0 Å². The van der Waals surface area contributed by atoms with Crippen LogP contribution in [0.25, 0.3) is 10.9 Å². The van der Waals surface area contributed by atoms with Crippen LogP contribution in [0.15, 0.2) is 55.0 Å². The summed E-state index contributed by atoms with van der Waals surface area (Å²) in [6.45, 7) is 1.66. The van der Waals surface area contributed by atoms with Crippen LogP contribution in [0.2, 0.25) is 0 Å². The monoisotopic (exact) mass is 339 g/mol. The Morgan fingerprint density at radius 2 is 2.00 bits per heavy atom. The molecule has 3 aromatic rings. The van der Waals surface area contributed by atoms with E-state index in [2.05, 4.69) is 9.97 Å². The highest BCUT2D eigenvalue weighted by molar-refractivity contribution is 5.92. The van der Waals surface area contributed by atoms with Crippen molar-refractivity contribution in [2.45, 2.75) is 12.8 Å². The van der Waals surface area contributed by atoms with Gasteiger partial charge in [-0.1, -0.05) is 6.07 Å². The second-order valence-corrected chi connectivity index (χ2v) is 5.23. The molecule has 0 saturated heterocycles. The average molecular weight is 339 g/mol. The second-order valence-electron chi connectivity index (χ2n) is 5.23. The molecular formula is C17H13N3O5. The van der Waals surface area contributed by atoms with Crippen LogP contribution in [0.5, 0.6) is 5.75 Å². The molecule has 0 bridgehead atoms. The zero-order chi connectivity index (χ0) is 17.8. The molecule has 8 nitrogen and oxygen atoms in total. The standard InChI is InChI=1S/C17H13N3O5/c1-11(12-4-2-8-18-10-12)17(21)25-24-15-7-6-14(20(22)23)13-5-3-9-19-16(13)15/h2-11H,1H3. The molecule has 0 aliphatic carbocycles. The van der Waals surface area contributed by atoms with Gasteiger partial charge in [0.1, 0.15) is 5.52 Å². The van der Waals surface area contributed by atoms with Crippen LogP contribution >= 0.6 is 0 Å². The summed E-state index contributed by atoms with van der Waals surface area (Å²) in [5.41, 5.74) is 0.812. The van der Waals surface area contributed by atoms with E-state index in [9.17, 15) is 14.9 Å². The number of carbonyl (C=O) groups is 1. The lowest BCUT2D eigenvalue weighted by Crippen LogP contribution is -2.15. The van der Waals surface area contributed by atoms with Gasteiger partial charge in [-0.15, -0.1) is 0 Å². The number of rotatable bonds is 5. The van der Waals surface area contributed by atoms with Crippen molar-refractivity contribution < 1.29 is 19.5 Å². The first kappa shape index (κ1) is 16.3. The predicted octanol–water partition coefficient (Wildman–Crippen LogP) is 3.18. The topological polar surface area (TPSA) is 104 Å².